The lowest BCUT2D eigenvalue weighted by Crippen LogP contribution is -2.04. The maximum Gasteiger partial charge on any atom is 0.335 e. The third-order valence-electron chi connectivity index (χ3n) is 2.29. The number of allylic oxidation sites excluding steroid dienone is 8. The number of carboxylic acids is 1. The van der Waals surface area contributed by atoms with Crippen molar-refractivity contribution < 1.29 is 9.90 Å². The van der Waals surface area contributed by atoms with Gasteiger partial charge in [0.2, 0.25) is 0 Å². The number of hydrogen-bond donors (Lipinski definition) is 1. The zero-order chi connectivity index (χ0) is 9.97. The SMILES string of the molecule is O=C(O)C1=C2CC=CC=C2C=CC=C1. The molecule has 14 heavy (non-hydrogen) atoms. The van der Waals surface area contributed by atoms with E-state index in [4.69, 9.17) is 5.11 Å². The van der Waals surface area contributed by atoms with Crippen molar-refractivity contribution in [2.45, 2.75) is 6.42 Å². The van der Waals surface area contributed by atoms with Gasteiger partial charge in [-0.15, -0.1) is 0 Å². The first-order valence-corrected chi connectivity index (χ1v) is 4.47. The molecule has 0 unspecified atom stereocenters. The van der Waals surface area contributed by atoms with Crippen LogP contribution in [-0.2, 0) is 4.79 Å². The molecule has 0 aromatic rings. The van der Waals surface area contributed by atoms with Crippen molar-refractivity contribution in [1.82, 2.24) is 0 Å². The van der Waals surface area contributed by atoms with E-state index in [1.807, 2.05) is 30.4 Å². The van der Waals surface area contributed by atoms with Crippen molar-refractivity contribution in [1.29, 1.82) is 0 Å². The largest absolute Gasteiger partial charge is 0.478 e. The molecule has 2 nitrogen and oxygen atoms in total. The second kappa shape index (κ2) is 3.50. The van der Waals surface area contributed by atoms with Crippen LogP contribution < -0.4 is 0 Å². The Morgan fingerprint density at radius 2 is 2.00 bits per heavy atom. The van der Waals surface area contributed by atoms with Gasteiger partial charge in [-0.3, -0.25) is 0 Å². The summed E-state index contributed by atoms with van der Waals surface area (Å²) in [4.78, 5) is 11.0. The Morgan fingerprint density at radius 1 is 1.21 bits per heavy atom. The van der Waals surface area contributed by atoms with E-state index < -0.39 is 5.97 Å². The van der Waals surface area contributed by atoms with Crippen LogP contribution in [0.5, 0.6) is 0 Å². The second-order valence-corrected chi connectivity index (χ2v) is 3.17. The molecule has 0 saturated carbocycles. The van der Waals surface area contributed by atoms with Crippen LogP contribution in [0.4, 0.5) is 0 Å². The highest BCUT2D eigenvalue weighted by atomic mass is 16.4. The first-order chi connectivity index (χ1) is 6.79. The number of carbonyl (C=O) groups is 1. The highest BCUT2D eigenvalue weighted by Crippen LogP contribution is 2.26. The summed E-state index contributed by atoms with van der Waals surface area (Å²) in [6.07, 6.45) is 13.8. The van der Waals surface area contributed by atoms with E-state index in [1.165, 1.54) is 0 Å². The predicted octanol–water partition coefficient (Wildman–Crippen LogP) is 2.38. The summed E-state index contributed by atoms with van der Waals surface area (Å²) in [7, 11) is 0. The van der Waals surface area contributed by atoms with Gasteiger partial charge in [0.15, 0.2) is 0 Å². The zero-order valence-corrected chi connectivity index (χ0v) is 7.60. The molecule has 0 aliphatic heterocycles. The van der Waals surface area contributed by atoms with Crippen LogP contribution in [0.3, 0.4) is 0 Å². The van der Waals surface area contributed by atoms with Crippen molar-refractivity contribution in [3.05, 3.63) is 59.3 Å². The maximum absolute atomic E-state index is 11.0. The van der Waals surface area contributed by atoms with Gasteiger partial charge in [0.05, 0.1) is 5.57 Å². The second-order valence-electron chi connectivity index (χ2n) is 3.17. The summed E-state index contributed by atoms with van der Waals surface area (Å²) in [5, 5.41) is 9.01. The highest BCUT2D eigenvalue weighted by Gasteiger charge is 2.15. The molecule has 0 bridgehead atoms. The Kier molecular flexibility index (Phi) is 2.19. The summed E-state index contributed by atoms with van der Waals surface area (Å²) in [6, 6.07) is 0. The van der Waals surface area contributed by atoms with E-state index in [0.717, 1.165) is 11.1 Å². The topological polar surface area (TPSA) is 37.3 Å². The van der Waals surface area contributed by atoms with Gasteiger partial charge in [-0.05, 0) is 23.6 Å². The molecule has 2 rings (SSSR count). The summed E-state index contributed by atoms with van der Waals surface area (Å²) < 4.78 is 0. The van der Waals surface area contributed by atoms with Crippen LogP contribution >= 0.6 is 0 Å². The number of hydrogen-bond acceptors (Lipinski definition) is 1. The van der Waals surface area contributed by atoms with Crippen LogP contribution in [0.15, 0.2) is 59.3 Å². The lowest BCUT2D eigenvalue weighted by Gasteiger charge is -2.11. The molecular formula is C12H10O2. The quantitative estimate of drug-likeness (QED) is 0.682. The first-order valence-electron chi connectivity index (χ1n) is 4.47. The molecule has 0 amide bonds. The molecule has 0 spiro atoms. The summed E-state index contributed by atoms with van der Waals surface area (Å²) in [5.74, 6) is -0.860. The molecule has 0 fully saturated rings. The lowest BCUT2D eigenvalue weighted by atomic mass is 9.94. The minimum atomic E-state index is -0.860. The molecule has 70 valence electrons. The van der Waals surface area contributed by atoms with Gasteiger partial charge < -0.3 is 5.11 Å². The van der Waals surface area contributed by atoms with E-state index >= 15 is 0 Å². The molecule has 0 radical (unpaired) electrons. The number of fused-ring (bicyclic) bond motifs is 1. The van der Waals surface area contributed by atoms with Crippen LogP contribution in [0.2, 0.25) is 0 Å². The van der Waals surface area contributed by atoms with Gasteiger partial charge >= 0.3 is 5.97 Å². The van der Waals surface area contributed by atoms with E-state index in [1.54, 1.807) is 12.2 Å². The first kappa shape index (κ1) is 8.75. The van der Waals surface area contributed by atoms with Gasteiger partial charge in [0.25, 0.3) is 0 Å². The van der Waals surface area contributed by atoms with E-state index in [2.05, 4.69) is 0 Å². The van der Waals surface area contributed by atoms with Gasteiger partial charge in [-0.1, -0.05) is 36.5 Å². The molecule has 0 saturated heterocycles. The standard InChI is InChI=1S/C12H10O2/c13-12(14)11-8-4-2-6-9-5-1-3-7-10(9)11/h1-6,8H,7H2,(H,13,14). The predicted molar refractivity (Wildman–Crippen MR) is 54.8 cm³/mol. The Balaban J connectivity index is 2.56. The van der Waals surface area contributed by atoms with Crippen molar-refractivity contribution >= 4 is 5.97 Å². The molecular weight excluding hydrogens is 176 g/mol. The van der Waals surface area contributed by atoms with Crippen LogP contribution in [0, 0.1) is 0 Å². The summed E-state index contributed by atoms with van der Waals surface area (Å²) >= 11 is 0. The van der Waals surface area contributed by atoms with E-state index in [-0.39, 0.29) is 0 Å². The molecule has 2 aliphatic carbocycles. The lowest BCUT2D eigenvalue weighted by molar-refractivity contribution is -0.132. The zero-order valence-electron chi connectivity index (χ0n) is 7.60. The molecule has 0 aromatic carbocycles. The van der Waals surface area contributed by atoms with E-state index in [9.17, 15) is 4.79 Å². The van der Waals surface area contributed by atoms with Gasteiger partial charge in [0.1, 0.15) is 0 Å². The third-order valence-corrected chi connectivity index (χ3v) is 2.29. The molecule has 0 heterocycles. The summed E-state index contributed by atoms with van der Waals surface area (Å²) in [5.41, 5.74) is 2.28. The average Bonchev–Trinajstić information content (AvgIpc) is 2.39. The van der Waals surface area contributed by atoms with Crippen molar-refractivity contribution in [3.8, 4) is 0 Å². The van der Waals surface area contributed by atoms with Gasteiger partial charge in [-0.25, -0.2) is 4.79 Å². The van der Waals surface area contributed by atoms with Gasteiger partial charge in [0, 0.05) is 0 Å². The fraction of sp³-hybridized carbons (Fsp3) is 0.0833. The minimum Gasteiger partial charge on any atom is -0.478 e. The third kappa shape index (κ3) is 1.46. The highest BCUT2D eigenvalue weighted by molar-refractivity contribution is 5.92. The van der Waals surface area contributed by atoms with Crippen LogP contribution in [-0.4, -0.2) is 11.1 Å². The van der Waals surface area contributed by atoms with Gasteiger partial charge in [-0.2, -0.15) is 0 Å². The Hall–Kier alpha value is -1.83. The Labute approximate surface area is 82.2 Å². The minimum absolute atomic E-state index is 0.394. The average molecular weight is 186 g/mol. The number of carboxylic acid groups (broad SMARTS) is 1. The summed E-state index contributed by atoms with van der Waals surface area (Å²) in [6.45, 7) is 0. The molecule has 0 atom stereocenters. The fourth-order valence-corrected chi connectivity index (χ4v) is 1.61. The molecule has 0 aromatic heterocycles. The number of aliphatic carboxylic acids is 1. The van der Waals surface area contributed by atoms with Crippen LogP contribution in [0.25, 0.3) is 0 Å². The Morgan fingerprint density at radius 3 is 2.79 bits per heavy atom. The maximum atomic E-state index is 11.0. The van der Waals surface area contributed by atoms with Crippen molar-refractivity contribution in [2.24, 2.45) is 0 Å². The van der Waals surface area contributed by atoms with Crippen molar-refractivity contribution in [2.75, 3.05) is 0 Å². The monoisotopic (exact) mass is 186 g/mol. The van der Waals surface area contributed by atoms with Crippen LogP contribution in [0.1, 0.15) is 6.42 Å². The normalized spacial score (nSPS) is 19.0. The number of rotatable bonds is 1. The molecule has 2 aliphatic rings. The van der Waals surface area contributed by atoms with Crippen molar-refractivity contribution in [3.63, 3.8) is 0 Å². The smallest absolute Gasteiger partial charge is 0.335 e. The molecule has 2 heteroatoms. The fourth-order valence-electron chi connectivity index (χ4n) is 1.61. The van der Waals surface area contributed by atoms with E-state index in [0.29, 0.717) is 12.0 Å². The molecule has 1 N–H and O–H groups in total. The Bertz CT molecular complexity index is 418.